The average Bonchev–Trinajstić information content (AvgIpc) is 2.64. The van der Waals surface area contributed by atoms with Gasteiger partial charge < -0.3 is 15.8 Å². The third kappa shape index (κ3) is 5.80. The van der Waals surface area contributed by atoms with Crippen molar-refractivity contribution in [3.8, 4) is 11.8 Å². The number of ether oxygens (including phenoxy) is 1. The van der Waals surface area contributed by atoms with E-state index >= 15 is 0 Å². The molecule has 7 heteroatoms. The van der Waals surface area contributed by atoms with Gasteiger partial charge in [0.1, 0.15) is 17.4 Å². The molecular formula is C18H16N4O3. The van der Waals surface area contributed by atoms with E-state index in [0.717, 1.165) is 5.56 Å². The van der Waals surface area contributed by atoms with E-state index in [2.05, 4.69) is 10.3 Å². The summed E-state index contributed by atoms with van der Waals surface area (Å²) in [6, 6.07) is 12.1. The molecule has 1 aromatic heterocycles. The van der Waals surface area contributed by atoms with E-state index in [1.165, 1.54) is 6.08 Å². The molecule has 0 aliphatic rings. The van der Waals surface area contributed by atoms with Gasteiger partial charge in [-0.05, 0) is 35.4 Å². The second-order valence-corrected chi connectivity index (χ2v) is 5.04. The lowest BCUT2D eigenvalue weighted by Crippen LogP contribution is -2.24. The number of carbonyl (C=O) groups excluding carboxylic acids is 2. The zero-order valence-corrected chi connectivity index (χ0v) is 13.3. The number of rotatable bonds is 7. The van der Waals surface area contributed by atoms with Crippen LogP contribution in [0.25, 0.3) is 6.08 Å². The summed E-state index contributed by atoms with van der Waals surface area (Å²) in [7, 11) is 0. The van der Waals surface area contributed by atoms with Gasteiger partial charge in [0.15, 0.2) is 6.61 Å². The minimum absolute atomic E-state index is 0.0188. The van der Waals surface area contributed by atoms with Crippen molar-refractivity contribution in [1.29, 1.82) is 5.26 Å². The van der Waals surface area contributed by atoms with Crippen LogP contribution in [0.15, 0.2) is 54.4 Å². The number of carbonyl (C=O) groups is 2. The van der Waals surface area contributed by atoms with E-state index in [4.69, 9.17) is 10.5 Å². The van der Waals surface area contributed by atoms with Gasteiger partial charge in [0, 0.05) is 18.9 Å². The van der Waals surface area contributed by atoms with Gasteiger partial charge in [0.05, 0.1) is 0 Å². The van der Waals surface area contributed by atoms with Crippen LogP contribution in [0.1, 0.15) is 11.1 Å². The monoisotopic (exact) mass is 336 g/mol. The first-order chi connectivity index (χ1) is 12.1. The second-order valence-electron chi connectivity index (χ2n) is 5.04. The molecule has 2 rings (SSSR count). The molecule has 0 spiro atoms. The number of hydrogen-bond donors (Lipinski definition) is 2. The SMILES string of the molecule is N#C/C(=C\c1ccc(OCC(N)=O)cc1)C(=O)NCc1cccnc1. The van der Waals surface area contributed by atoms with Crippen LogP contribution in [-0.2, 0) is 16.1 Å². The van der Waals surface area contributed by atoms with Gasteiger partial charge in [-0.25, -0.2) is 0 Å². The smallest absolute Gasteiger partial charge is 0.262 e. The minimum Gasteiger partial charge on any atom is -0.484 e. The summed E-state index contributed by atoms with van der Waals surface area (Å²) in [6.07, 6.45) is 4.75. The van der Waals surface area contributed by atoms with Crippen molar-refractivity contribution in [2.24, 2.45) is 5.73 Å². The van der Waals surface area contributed by atoms with Gasteiger partial charge >= 0.3 is 0 Å². The Bertz CT molecular complexity index is 808. The number of aromatic nitrogens is 1. The molecule has 25 heavy (non-hydrogen) atoms. The molecule has 3 N–H and O–H groups in total. The van der Waals surface area contributed by atoms with E-state index in [-0.39, 0.29) is 18.7 Å². The van der Waals surface area contributed by atoms with Gasteiger partial charge in [-0.2, -0.15) is 5.26 Å². The molecule has 0 aliphatic carbocycles. The first kappa shape index (κ1) is 17.7. The molecule has 0 aliphatic heterocycles. The molecule has 0 unspecified atom stereocenters. The summed E-state index contributed by atoms with van der Waals surface area (Å²) in [5.41, 5.74) is 6.47. The van der Waals surface area contributed by atoms with E-state index < -0.39 is 11.8 Å². The zero-order valence-electron chi connectivity index (χ0n) is 13.3. The Balaban J connectivity index is 2.00. The van der Waals surface area contributed by atoms with Crippen molar-refractivity contribution in [1.82, 2.24) is 10.3 Å². The summed E-state index contributed by atoms with van der Waals surface area (Å²) >= 11 is 0. The molecule has 1 aromatic carbocycles. The lowest BCUT2D eigenvalue weighted by molar-refractivity contribution is -0.120. The van der Waals surface area contributed by atoms with Crippen molar-refractivity contribution in [2.45, 2.75) is 6.54 Å². The first-order valence-electron chi connectivity index (χ1n) is 7.38. The Kier molecular flexibility index (Phi) is 6.25. The maximum absolute atomic E-state index is 12.1. The van der Waals surface area contributed by atoms with Crippen molar-refractivity contribution < 1.29 is 14.3 Å². The van der Waals surface area contributed by atoms with Crippen molar-refractivity contribution in [3.05, 3.63) is 65.5 Å². The van der Waals surface area contributed by atoms with Crippen molar-refractivity contribution in [2.75, 3.05) is 6.61 Å². The van der Waals surface area contributed by atoms with Crippen LogP contribution >= 0.6 is 0 Å². The Labute approximate surface area is 144 Å². The maximum atomic E-state index is 12.1. The zero-order chi connectivity index (χ0) is 18.1. The van der Waals surface area contributed by atoms with Crippen LogP contribution in [0.2, 0.25) is 0 Å². The Morgan fingerprint density at radius 2 is 2.04 bits per heavy atom. The topological polar surface area (TPSA) is 118 Å². The largest absolute Gasteiger partial charge is 0.484 e. The van der Waals surface area contributed by atoms with Gasteiger partial charge in [-0.15, -0.1) is 0 Å². The number of nitrogens with zero attached hydrogens (tertiary/aromatic N) is 2. The lowest BCUT2D eigenvalue weighted by Gasteiger charge is -2.05. The summed E-state index contributed by atoms with van der Waals surface area (Å²) in [5.74, 6) is -0.572. The fraction of sp³-hybridized carbons (Fsp3) is 0.111. The molecule has 0 saturated carbocycles. The number of nitriles is 1. The molecule has 2 amide bonds. The van der Waals surface area contributed by atoms with E-state index in [9.17, 15) is 14.9 Å². The predicted molar refractivity (Wildman–Crippen MR) is 90.8 cm³/mol. The third-order valence-corrected chi connectivity index (χ3v) is 3.11. The first-order valence-corrected chi connectivity index (χ1v) is 7.38. The van der Waals surface area contributed by atoms with Crippen molar-refractivity contribution in [3.63, 3.8) is 0 Å². The fourth-order valence-corrected chi connectivity index (χ4v) is 1.91. The van der Waals surface area contributed by atoms with Gasteiger partial charge in [0.25, 0.3) is 11.8 Å². The molecule has 2 aromatic rings. The highest BCUT2D eigenvalue weighted by Gasteiger charge is 2.09. The maximum Gasteiger partial charge on any atom is 0.262 e. The van der Waals surface area contributed by atoms with Gasteiger partial charge in [-0.3, -0.25) is 14.6 Å². The highest BCUT2D eigenvalue weighted by Crippen LogP contribution is 2.14. The number of nitrogens with two attached hydrogens (primary N) is 1. The molecule has 126 valence electrons. The molecule has 0 saturated heterocycles. The molecular weight excluding hydrogens is 320 g/mol. The number of nitrogens with one attached hydrogen (secondary N) is 1. The van der Waals surface area contributed by atoms with Crippen LogP contribution in [0.3, 0.4) is 0 Å². The van der Waals surface area contributed by atoms with Crippen LogP contribution in [0, 0.1) is 11.3 Å². The number of benzene rings is 1. The molecule has 1 heterocycles. The molecule has 0 radical (unpaired) electrons. The Morgan fingerprint density at radius 1 is 1.28 bits per heavy atom. The van der Waals surface area contributed by atoms with Crippen LogP contribution in [0.4, 0.5) is 0 Å². The van der Waals surface area contributed by atoms with Crippen molar-refractivity contribution >= 4 is 17.9 Å². The Morgan fingerprint density at radius 3 is 2.64 bits per heavy atom. The van der Waals surface area contributed by atoms with E-state index in [0.29, 0.717) is 11.3 Å². The van der Waals surface area contributed by atoms with Gasteiger partial charge in [0.2, 0.25) is 0 Å². The summed E-state index contributed by atoms with van der Waals surface area (Å²) < 4.78 is 5.14. The van der Waals surface area contributed by atoms with Crippen LogP contribution in [-0.4, -0.2) is 23.4 Å². The molecule has 0 fully saturated rings. The highest BCUT2D eigenvalue weighted by molar-refractivity contribution is 6.01. The second kappa shape index (κ2) is 8.84. The summed E-state index contributed by atoms with van der Waals surface area (Å²) in [6.45, 7) is 0.0704. The third-order valence-electron chi connectivity index (χ3n) is 3.11. The van der Waals surface area contributed by atoms with E-state index in [1.54, 1.807) is 42.7 Å². The number of pyridine rings is 1. The summed E-state index contributed by atoms with van der Waals surface area (Å²) in [5, 5.41) is 11.9. The van der Waals surface area contributed by atoms with Gasteiger partial charge in [-0.1, -0.05) is 18.2 Å². The summed E-state index contributed by atoms with van der Waals surface area (Å²) in [4.78, 5) is 26.7. The van der Waals surface area contributed by atoms with Crippen LogP contribution in [0.5, 0.6) is 5.75 Å². The average molecular weight is 336 g/mol. The number of hydrogen-bond acceptors (Lipinski definition) is 5. The van der Waals surface area contributed by atoms with E-state index in [1.807, 2.05) is 12.1 Å². The quantitative estimate of drug-likeness (QED) is 0.581. The molecule has 7 nitrogen and oxygen atoms in total. The minimum atomic E-state index is -0.568. The predicted octanol–water partition coefficient (Wildman–Crippen LogP) is 1.17. The van der Waals surface area contributed by atoms with Crippen LogP contribution < -0.4 is 15.8 Å². The number of primary amides is 1. The molecule has 0 atom stereocenters. The lowest BCUT2D eigenvalue weighted by atomic mass is 10.1. The normalized spacial score (nSPS) is 10.6. The molecule has 0 bridgehead atoms. The highest BCUT2D eigenvalue weighted by atomic mass is 16.5. The Hall–Kier alpha value is -3.66. The fourth-order valence-electron chi connectivity index (χ4n) is 1.91. The standard InChI is InChI=1S/C18H16N4O3/c19-9-15(18(24)22-11-14-2-1-7-21-10-14)8-13-3-5-16(6-4-13)25-12-17(20)23/h1-8,10H,11-12H2,(H2,20,23)(H,22,24)/b15-8+. The number of amides is 2.